The molecular formula is C14H15N3O3. The maximum Gasteiger partial charge on any atom is 0.322 e. The van der Waals surface area contributed by atoms with Crippen LogP contribution in [0.1, 0.15) is 11.3 Å². The topological polar surface area (TPSA) is 67.6 Å². The molecule has 104 valence electrons. The second kappa shape index (κ2) is 5.24. The van der Waals surface area contributed by atoms with E-state index in [2.05, 4.69) is 10.5 Å². The first kappa shape index (κ1) is 12.5. The van der Waals surface area contributed by atoms with Crippen molar-refractivity contribution in [1.29, 1.82) is 0 Å². The molecule has 0 unspecified atom stereocenters. The van der Waals surface area contributed by atoms with Crippen molar-refractivity contribution in [3.05, 3.63) is 41.8 Å². The van der Waals surface area contributed by atoms with Gasteiger partial charge in [-0.2, -0.15) is 0 Å². The maximum atomic E-state index is 12.3. The van der Waals surface area contributed by atoms with E-state index >= 15 is 0 Å². The smallest absolute Gasteiger partial charge is 0.322 e. The molecule has 1 N–H and O–H groups in total. The Morgan fingerprint density at radius 2 is 2.30 bits per heavy atom. The summed E-state index contributed by atoms with van der Waals surface area (Å²) in [5.41, 5.74) is 1.63. The number of carbonyl (C=O) groups excluding carboxylic acids is 1. The SMILES string of the molecule is COc1ccccc1NC(=O)N1CCc2oncc2C1. The minimum absolute atomic E-state index is 0.152. The lowest BCUT2D eigenvalue weighted by Gasteiger charge is -2.26. The summed E-state index contributed by atoms with van der Waals surface area (Å²) in [4.78, 5) is 14.0. The Morgan fingerprint density at radius 3 is 3.15 bits per heavy atom. The Kier molecular flexibility index (Phi) is 3.28. The lowest BCUT2D eigenvalue weighted by Crippen LogP contribution is -2.38. The molecule has 0 saturated carbocycles. The fourth-order valence-corrected chi connectivity index (χ4v) is 2.26. The van der Waals surface area contributed by atoms with Gasteiger partial charge in [-0.15, -0.1) is 0 Å². The summed E-state index contributed by atoms with van der Waals surface area (Å²) in [7, 11) is 1.58. The van der Waals surface area contributed by atoms with Crippen molar-refractivity contribution >= 4 is 11.7 Å². The standard InChI is InChI=1S/C14H15N3O3/c1-19-13-5-3-2-4-11(13)16-14(18)17-7-6-12-10(9-17)8-15-20-12/h2-5,8H,6-7,9H2,1H3,(H,16,18). The Hall–Kier alpha value is -2.50. The van der Waals surface area contributed by atoms with Gasteiger partial charge >= 0.3 is 6.03 Å². The number of amides is 2. The number of fused-ring (bicyclic) bond motifs is 1. The molecule has 0 saturated heterocycles. The van der Waals surface area contributed by atoms with Crippen LogP contribution in [-0.2, 0) is 13.0 Å². The Morgan fingerprint density at radius 1 is 1.45 bits per heavy atom. The van der Waals surface area contributed by atoms with E-state index in [1.165, 1.54) is 0 Å². The fourth-order valence-electron chi connectivity index (χ4n) is 2.26. The predicted molar refractivity (Wildman–Crippen MR) is 72.6 cm³/mol. The summed E-state index contributed by atoms with van der Waals surface area (Å²) in [6, 6.07) is 7.18. The summed E-state index contributed by atoms with van der Waals surface area (Å²) in [6.07, 6.45) is 2.35. The number of hydrogen-bond acceptors (Lipinski definition) is 4. The molecule has 20 heavy (non-hydrogen) atoms. The van der Waals surface area contributed by atoms with Crippen molar-refractivity contribution in [2.75, 3.05) is 19.0 Å². The highest BCUT2D eigenvalue weighted by molar-refractivity contribution is 5.91. The van der Waals surface area contributed by atoms with E-state index in [1.807, 2.05) is 24.3 Å². The number of ether oxygens (including phenoxy) is 1. The third-order valence-electron chi connectivity index (χ3n) is 3.34. The van der Waals surface area contributed by atoms with Crippen LogP contribution < -0.4 is 10.1 Å². The maximum absolute atomic E-state index is 12.3. The van der Waals surface area contributed by atoms with Gasteiger partial charge in [0.25, 0.3) is 0 Å². The van der Waals surface area contributed by atoms with Crippen LogP contribution in [-0.4, -0.2) is 29.7 Å². The normalized spacial score (nSPS) is 13.8. The van der Waals surface area contributed by atoms with E-state index in [0.717, 1.165) is 11.3 Å². The third kappa shape index (κ3) is 2.32. The van der Waals surface area contributed by atoms with Crippen molar-refractivity contribution in [2.24, 2.45) is 0 Å². The number of hydrogen-bond donors (Lipinski definition) is 1. The number of carbonyl (C=O) groups is 1. The average Bonchev–Trinajstić information content (AvgIpc) is 2.95. The van der Waals surface area contributed by atoms with Crippen molar-refractivity contribution in [3.63, 3.8) is 0 Å². The van der Waals surface area contributed by atoms with Crippen molar-refractivity contribution in [1.82, 2.24) is 10.1 Å². The number of aromatic nitrogens is 1. The average molecular weight is 273 g/mol. The van der Waals surface area contributed by atoms with E-state index in [4.69, 9.17) is 9.26 Å². The summed E-state index contributed by atoms with van der Waals surface area (Å²) >= 11 is 0. The molecule has 0 bridgehead atoms. The van der Waals surface area contributed by atoms with Gasteiger partial charge in [0.2, 0.25) is 0 Å². The summed E-state index contributed by atoms with van der Waals surface area (Å²) in [5.74, 6) is 1.51. The first-order chi connectivity index (χ1) is 9.78. The van der Waals surface area contributed by atoms with E-state index in [9.17, 15) is 4.79 Å². The molecule has 2 heterocycles. The van der Waals surface area contributed by atoms with Crippen LogP contribution in [0.5, 0.6) is 5.75 Å². The molecule has 6 nitrogen and oxygen atoms in total. The number of nitrogens with zero attached hydrogens (tertiary/aromatic N) is 2. The Balaban J connectivity index is 1.71. The first-order valence-corrected chi connectivity index (χ1v) is 6.39. The lowest BCUT2D eigenvalue weighted by molar-refractivity contribution is 0.202. The van der Waals surface area contributed by atoms with Gasteiger partial charge in [-0.3, -0.25) is 0 Å². The van der Waals surface area contributed by atoms with Crippen LogP contribution in [0.4, 0.5) is 10.5 Å². The van der Waals surface area contributed by atoms with E-state index in [0.29, 0.717) is 30.9 Å². The zero-order valence-electron chi connectivity index (χ0n) is 11.1. The van der Waals surface area contributed by atoms with Crippen LogP contribution in [0.25, 0.3) is 0 Å². The molecule has 6 heteroatoms. The monoisotopic (exact) mass is 273 g/mol. The molecular weight excluding hydrogens is 258 g/mol. The zero-order valence-corrected chi connectivity index (χ0v) is 11.1. The number of anilines is 1. The van der Waals surface area contributed by atoms with Crippen LogP contribution in [0.15, 0.2) is 35.0 Å². The minimum atomic E-state index is -0.152. The highest BCUT2D eigenvalue weighted by Gasteiger charge is 2.23. The molecule has 1 aromatic heterocycles. The van der Waals surface area contributed by atoms with E-state index in [1.54, 1.807) is 18.2 Å². The van der Waals surface area contributed by atoms with Crippen LogP contribution >= 0.6 is 0 Å². The number of urea groups is 1. The van der Waals surface area contributed by atoms with Crippen molar-refractivity contribution in [3.8, 4) is 5.75 Å². The second-order valence-electron chi connectivity index (χ2n) is 4.58. The summed E-state index contributed by atoms with van der Waals surface area (Å²) in [5, 5.41) is 6.62. The molecule has 0 spiro atoms. The molecule has 0 aliphatic carbocycles. The molecule has 2 amide bonds. The number of methoxy groups -OCH3 is 1. The molecule has 1 aromatic carbocycles. The molecule has 1 aliphatic rings. The molecule has 1 aliphatic heterocycles. The van der Waals surface area contributed by atoms with Crippen molar-refractivity contribution in [2.45, 2.75) is 13.0 Å². The fraction of sp³-hybridized carbons (Fsp3) is 0.286. The van der Waals surface area contributed by atoms with Gasteiger partial charge in [0.15, 0.2) is 0 Å². The molecule has 2 aromatic rings. The Labute approximate surface area is 116 Å². The molecule has 3 rings (SSSR count). The number of para-hydroxylation sites is 2. The van der Waals surface area contributed by atoms with Crippen molar-refractivity contribution < 1.29 is 14.1 Å². The summed E-state index contributed by atoms with van der Waals surface area (Å²) < 4.78 is 10.3. The van der Waals surface area contributed by atoms with Crippen LogP contribution in [0.3, 0.4) is 0 Å². The van der Waals surface area contributed by atoms with Gasteiger partial charge in [-0.05, 0) is 12.1 Å². The van der Waals surface area contributed by atoms with Gasteiger partial charge in [-0.25, -0.2) is 4.79 Å². The van der Waals surface area contributed by atoms with E-state index in [-0.39, 0.29) is 6.03 Å². The highest BCUT2D eigenvalue weighted by Crippen LogP contribution is 2.24. The first-order valence-electron chi connectivity index (χ1n) is 6.39. The second-order valence-corrected chi connectivity index (χ2v) is 4.58. The van der Waals surface area contributed by atoms with Gasteiger partial charge in [0, 0.05) is 18.5 Å². The quantitative estimate of drug-likeness (QED) is 0.911. The highest BCUT2D eigenvalue weighted by atomic mass is 16.5. The van der Waals surface area contributed by atoms with Gasteiger partial charge in [0.1, 0.15) is 11.5 Å². The van der Waals surface area contributed by atoms with E-state index < -0.39 is 0 Å². The van der Waals surface area contributed by atoms with Gasteiger partial charge in [-0.1, -0.05) is 17.3 Å². The van der Waals surface area contributed by atoms with Gasteiger partial charge in [0.05, 0.1) is 25.5 Å². The Bertz CT molecular complexity index is 624. The number of rotatable bonds is 2. The summed E-state index contributed by atoms with van der Waals surface area (Å²) in [6.45, 7) is 1.13. The third-order valence-corrected chi connectivity index (χ3v) is 3.34. The largest absolute Gasteiger partial charge is 0.495 e. The number of benzene rings is 1. The molecule has 0 atom stereocenters. The van der Waals surface area contributed by atoms with Crippen LogP contribution in [0.2, 0.25) is 0 Å². The predicted octanol–water partition coefficient (Wildman–Crippen LogP) is 2.27. The number of nitrogens with one attached hydrogen (secondary N) is 1. The molecule has 0 fully saturated rings. The zero-order chi connectivity index (χ0) is 13.9. The van der Waals surface area contributed by atoms with Crippen LogP contribution in [0, 0.1) is 0 Å². The lowest BCUT2D eigenvalue weighted by atomic mass is 10.1. The molecule has 0 radical (unpaired) electrons. The van der Waals surface area contributed by atoms with Gasteiger partial charge < -0.3 is 19.5 Å². The minimum Gasteiger partial charge on any atom is -0.495 e.